The zero-order valence-electron chi connectivity index (χ0n) is 12.4. The van der Waals surface area contributed by atoms with Crippen molar-refractivity contribution in [1.29, 1.82) is 0 Å². The highest BCUT2D eigenvalue weighted by Crippen LogP contribution is 2.24. The molecule has 5 nitrogen and oxygen atoms in total. The van der Waals surface area contributed by atoms with Gasteiger partial charge in [-0.1, -0.05) is 12.1 Å². The van der Waals surface area contributed by atoms with E-state index in [2.05, 4.69) is 4.98 Å². The summed E-state index contributed by atoms with van der Waals surface area (Å²) >= 11 is 0. The fraction of sp³-hybridized carbons (Fsp3) is 0.412. The lowest BCUT2D eigenvalue weighted by Crippen LogP contribution is -2.43. The van der Waals surface area contributed by atoms with Crippen LogP contribution in [0.5, 0.6) is 5.75 Å². The number of phenolic OH excluding ortho intramolecular Hbond substituents is 1. The average molecular weight is 300 g/mol. The SMILES string of the molecule is O=C(c1cnco1)N1CCCC[C@@H]1CCc1cccc(O)c1. The predicted octanol–water partition coefficient (Wildman–Crippen LogP) is 3.01. The van der Waals surface area contributed by atoms with Crippen molar-refractivity contribution in [2.45, 2.75) is 38.1 Å². The lowest BCUT2D eigenvalue weighted by atomic mass is 9.95. The Bertz CT molecular complexity index is 625. The average Bonchev–Trinajstić information content (AvgIpc) is 3.07. The van der Waals surface area contributed by atoms with Crippen LogP contribution in [0.3, 0.4) is 0 Å². The number of carbonyl (C=O) groups excluding carboxylic acids is 1. The number of hydrogen-bond acceptors (Lipinski definition) is 4. The molecule has 1 aliphatic heterocycles. The van der Waals surface area contributed by atoms with Gasteiger partial charge < -0.3 is 14.4 Å². The maximum absolute atomic E-state index is 12.5. The standard InChI is InChI=1S/C17H20N2O3/c20-15-6-3-4-13(10-15)7-8-14-5-1-2-9-19(14)17(21)16-11-18-12-22-16/h3-4,6,10-12,14,20H,1-2,5,7-9H2/t14-/m1/s1. The molecule has 0 aliphatic carbocycles. The number of amides is 1. The minimum Gasteiger partial charge on any atom is -0.508 e. The molecule has 0 unspecified atom stereocenters. The van der Waals surface area contributed by atoms with Crippen molar-refractivity contribution in [1.82, 2.24) is 9.88 Å². The summed E-state index contributed by atoms with van der Waals surface area (Å²) in [5.41, 5.74) is 1.10. The van der Waals surface area contributed by atoms with E-state index in [9.17, 15) is 9.90 Å². The molecule has 5 heteroatoms. The van der Waals surface area contributed by atoms with Gasteiger partial charge in [-0.3, -0.25) is 4.79 Å². The van der Waals surface area contributed by atoms with Gasteiger partial charge in [-0.05, 0) is 49.8 Å². The first kappa shape index (κ1) is 14.6. The molecule has 3 rings (SSSR count). The normalized spacial score (nSPS) is 18.4. The highest BCUT2D eigenvalue weighted by molar-refractivity contribution is 5.91. The number of aromatic hydroxyl groups is 1. The number of piperidine rings is 1. The van der Waals surface area contributed by atoms with Crippen LogP contribution in [0.4, 0.5) is 0 Å². The monoisotopic (exact) mass is 300 g/mol. The van der Waals surface area contributed by atoms with Gasteiger partial charge in [-0.15, -0.1) is 0 Å². The molecular weight excluding hydrogens is 280 g/mol. The fourth-order valence-corrected chi connectivity index (χ4v) is 3.08. The van der Waals surface area contributed by atoms with Crippen LogP contribution in [0, 0.1) is 0 Å². The van der Waals surface area contributed by atoms with Gasteiger partial charge in [0, 0.05) is 12.6 Å². The number of hydrogen-bond donors (Lipinski definition) is 1. The number of nitrogens with zero attached hydrogens (tertiary/aromatic N) is 2. The molecule has 1 amide bonds. The number of rotatable bonds is 4. The Kier molecular flexibility index (Phi) is 4.42. The van der Waals surface area contributed by atoms with Crippen molar-refractivity contribution in [2.24, 2.45) is 0 Å². The van der Waals surface area contributed by atoms with E-state index in [1.807, 2.05) is 17.0 Å². The second kappa shape index (κ2) is 6.64. The Labute approximate surface area is 129 Å². The largest absolute Gasteiger partial charge is 0.508 e. The van der Waals surface area contributed by atoms with Crippen molar-refractivity contribution in [3.8, 4) is 5.75 Å². The van der Waals surface area contributed by atoms with Crippen LogP contribution in [0.1, 0.15) is 41.8 Å². The van der Waals surface area contributed by atoms with Crippen LogP contribution in [0.2, 0.25) is 0 Å². The lowest BCUT2D eigenvalue weighted by Gasteiger charge is -2.35. The second-order valence-corrected chi connectivity index (χ2v) is 5.72. The van der Waals surface area contributed by atoms with Gasteiger partial charge in [-0.25, -0.2) is 4.98 Å². The first-order valence-corrected chi connectivity index (χ1v) is 7.71. The third-order valence-corrected chi connectivity index (χ3v) is 4.21. The van der Waals surface area contributed by atoms with Crippen molar-refractivity contribution in [2.75, 3.05) is 6.54 Å². The van der Waals surface area contributed by atoms with Crippen LogP contribution >= 0.6 is 0 Å². The minimum absolute atomic E-state index is 0.0712. The van der Waals surface area contributed by atoms with E-state index in [1.54, 1.807) is 12.1 Å². The van der Waals surface area contributed by atoms with Crippen molar-refractivity contribution < 1.29 is 14.3 Å². The number of phenols is 1. The van der Waals surface area contributed by atoms with E-state index >= 15 is 0 Å². The van der Waals surface area contributed by atoms with Gasteiger partial charge in [0.1, 0.15) is 5.75 Å². The highest BCUT2D eigenvalue weighted by Gasteiger charge is 2.28. The Hall–Kier alpha value is -2.30. The zero-order chi connectivity index (χ0) is 15.4. The molecule has 1 saturated heterocycles. The number of carbonyl (C=O) groups is 1. The lowest BCUT2D eigenvalue weighted by molar-refractivity contribution is 0.0569. The predicted molar refractivity (Wildman–Crippen MR) is 81.6 cm³/mol. The fourth-order valence-electron chi connectivity index (χ4n) is 3.08. The number of aromatic nitrogens is 1. The van der Waals surface area contributed by atoms with Gasteiger partial charge in [-0.2, -0.15) is 0 Å². The van der Waals surface area contributed by atoms with E-state index in [-0.39, 0.29) is 17.7 Å². The van der Waals surface area contributed by atoms with E-state index < -0.39 is 0 Å². The molecule has 0 bridgehead atoms. The van der Waals surface area contributed by atoms with E-state index in [4.69, 9.17) is 4.42 Å². The molecule has 0 radical (unpaired) electrons. The molecule has 1 atom stereocenters. The summed E-state index contributed by atoms with van der Waals surface area (Å²) in [4.78, 5) is 18.2. The third-order valence-electron chi connectivity index (χ3n) is 4.21. The summed E-state index contributed by atoms with van der Waals surface area (Å²) in [7, 11) is 0. The maximum atomic E-state index is 12.5. The summed E-state index contributed by atoms with van der Waals surface area (Å²) in [5.74, 6) is 0.526. The van der Waals surface area contributed by atoms with Crippen molar-refractivity contribution in [3.63, 3.8) is 0 Å². The van der Waals surface area contributed by atoms with Crippen LogP contribution in [0.25, 0.3) is 0 Å². The van der Waals surface area contributed by atoms with E-state index in [0.717, 1.165) is 44.2 Å². The zero-order valence-corrected chi connectivity index (χ0v) is 12.4. The summed E-state index contributed by atoms with van der Waals surface area (Å²) in [6, 6.07) is 7.53. The summed E-state index contributed by atoms with van der Waals surface area (Å²) in [6.45, 7) is 0.768. The third kappa shape index (κ3) is 3.30. The summed E-state index contributed by atoms with van der Waals surface area (Å²) < 4.78 is 5.14. The van der Waals surface area contributed by atoms with Crippen molar-refractivity contribution >= 4 is 5.91 Å². The molecule has 116 valence electrons. The van der Waals surface area contributed by atoms with Gasteiger partial charge >= 0.3 is 0 Å². The summed E-state index contributed by atoms with van der Waals surface area (Å²) in [6.07, 6.45) is 7.69. The number of benzene rings is 1. The molecule has 1 aromatic heterocycles. The van der Waals surface area contributed by atoms with Crippen LogP contribution < -0.4 is 0 Å². The number of likely N-dealkylation sites (tertiary alicyclic amines) is 1. The topological polar surface area (TPSA) is 66.6 Å². The first-order chi connectivity index (χ1) is 10.7. The van der Waals surface area contributed by atoms with Crippen molar-refractivity contribution in [3.05, 3.63) is 48.2 Å². The molecular formula is C17H20N2O3. The van der Waals surface area contributed by atoms with E-state index in [1.165, 1.54) is 12.6 Å². The van der Waals surface area contributed by atoms with Gasteiger partial charge in [0.15, 0.2) is 6.39 Å². The first-order valence-electron chi connectivity index (χ1n) is 7.71. The molecule has 22 heavy (non-hydrogen) atoms. The Balaban J connectivity index is 1.66. The van der Waals surface area contributed by atoms with Crippen LogP contribution in [-0.4, -0.2) is 33.5 Å². The van der Waals surface area contributed by atoms with Crippen LogP contribution in [-0.2, 0) is 6.42 Å². The highest BCUT2D eigenvalue weighted by atomic mass is 16.3. The van der Waals surface area contributed by atoms with Gasteiger partial charge in [0.05, 0.1) is 6.20 Å². The summed E-state index contributed by atoms with van der Waals surface area (Å²) in [5, 5.41) is 9.53. The maximum Gasteiger partial charge on any atom is 0.291 e. The Morgan fingerprint density at radius 2 is 2.32 bits per heavy atom. The van der Waals surface area contributed by atoms with Crippen LogP contribution in [0.15, 0.2) is 41.3 Å². The molecule has 1 aromatic carbocycles. The molecule has 2 aromatic rings. The smallest absolute Gasteiger partial charge is 0.291 e. The molecule has 2 heterocycles. The Morgan fingerprint density at radius 1 is 1.41 bits per heavy atom. The molecule has 1 fully saturated rings. The molecule has 1 aliphatic rings. The number of aryl methyl sites for hydroxylation is 1. The second-order valence-electron chi connectivity index (χ2n) is 5.72. The molecule has 1 N–H and O–H groups in total. The minimum atomic E-state index is -0.0712. The van der Waals surface area contributed by atoms with Gasteiger partial charge in [0.25, 0.3) is 5.91 Å². The quantitative estimate of drug-likeness (QED) is 0.942. The Morgan fingerprint density at radius 3 is 3.09 bits per heavy atom. The molecule has 0 spiro atoms. The van der Waals surface area contributed by atoms with Gasteiger partial charge in [0.2, 0.25) is 5.76 Å². The molecule has 0 saturated carbocycles. The van der Waals surface area contributed by atoms with E-state index in [0.29, 0.717) is 5.76 Å². The number of oxazole rings is 1.